The van der Waals surface area contributed by atoms with E-state index in [9.17, 15) is 9.00 Å². The molecule has 1 amide bonds. The van der Waals surface area contributed by atoms with Crippen molar-refractivity contribution in [3.05, 3.63) is 11.9 Å². The highest BCUT2D eigenvalue weighted by Crippen LogP contribution is 2.04. The molecule has 1 unspecified atom stereocenters. The van der Waals surface area contributed by atoms with E-state index >= 15 is 0 Å². The van der Waals surface area contributed by atoms with Gasteiger partial charge in [0.2, 0.25) is 0 Å². The molecule has 0 spiro atoms. The Morgan fingerprint density at radius 1 is 1.73 bits per heavy atom. The molecule has 0 aliphatic rings. The van der Waals surface area contributed by atoms with Crippen LogP contribution in [0.15, 0.2) is 6.20 Å². The average Bonchev–Trinajstić information content (AvgIpc) is 2.58. The van der Waals surface area contributed by atoms with Crippen LogP contribution in [0.5, 0.6) is 0 Å². The zero-order chi connectivity index (χ0) is 11.3. The molecule has 15 heavy (non-hydrogen) atoms. The zero-order valence-electron chi connectivity index (χ0n) is 8.45. The maximum atomic E-state index is 11.4. The highest BCUT2D eigenvalue weighted by atomic mass is 32.2. The van der Waals surface area contributed by atoms with Gasteiger partial charge in [-0.2, -0.15) is 5.10 Å². The second-order valence-electron chi connectivity index (χ2n) is 3.09. The summed E-state index contributed by atoms with van der Waals surface area (Å²) in [7, 11) is -0.818. The highest BCUT2D eigenvalue weighted by molar-refractivity contribution is 7.84. The van der Waals surface area contributed by atoms with Crippen molar-refractivity contribution >= 4 is 22.4 Å². The summed E-state index contributed by atoms with van der Waals surface area (Å²) in [4.78, 5) is 11.4. The minimum absolute atomic E-state index is 0.271. The summed E-state index contributed by atoms with van der Waals surface area (Å²) < 4.78 is 10.7. The van der Waals surface area contributed by atoms with Crippen LogP contribution in [0.4, 0.5) is 5.69 Å². The van der Waals surface area contributed by atoms with Gasteiger partial charge in [0.25, 0.3) is 5.91 Å². The molecule has 1 aromatic heterocycles. The molecule has 0 fully saturated rings. The summed E-state index contributed by atoms with van der Waals surface area (Å²) in [6.07, 6.45) is 3.70. The van der Waals surface area contributed by atoms with Gasteiger partial charge in [-0.05, 0) is 6.42 Å². The van der Waals surface area contributed by atoms with Gasteiger partial charge in [0.1, 0.15) is 5.69 Å². The number of amides is 1. The molecule has 1 rings (SSSR count). The van der Waals surface area contributed by atoms with E-state index in [1.165, 1.54) is 6.20 Å². The molecule has 0 saturated carbocycles. The van der Waals surface area contributed by atoms with Gasteiger partial charge in [0.05, 0.1) is 11.9 Å². The number of H-pyrrole nitrogens is 1. The molecule has 4 N–H and O–H groups in total. The van der Waals surface area contributed by atoms with Crippen LogP contribution in [0.1, 0.15) is 16.9 Å². The molecule has 1 atom stereocenters. The molecule has 0 saturated heterocycles. The van der Waals surface area contributed by atoms with E-state index in [2.05, 4.69) is 15.5 Å². The number of carbonyl (C=O) groups is 1. The Bertz CT molecular complexity index is 363. The number of rotatable bonds is 5. The average molecular weight is 230 g/mol. The summed E-state index contributed by atoms with van der Waals surface area (Å²) in [6.45, 7) is 0.483. The zero-order valence-corrected chi connectivity index (χ0v) is 9.26. The van der Waals surface area contributed by atoms with Gasteiger partial charge in [-0.25, -0.2) is 0 Å². The minimum Gasteiger partial charge on any atom is -0.396 e. The fourth-order valence-electron chi connectivity index (χ4n) is 1.04. The lowest BCUT2D eigenvalue weighted by Crippen LogP contribution is -2.26. The first-order valence-electron chi connectivity index (χ1n) is 4.48. The normalized spacial score (nSPS) is 12.3. The number of carbonyl (C=O) groups excluding carboxylic acids is 1. The highest BCUT2D eigenvalue weighted by Gasteiger charge is 2.10. The van der Waals surface area contributed by atoms with E-state index in [-0.39, 0.29) is 11.6 Å². The molecule has 0 radical (unpaired) electrons. The van der Waals surface area contributed by atoms with Crippen molar-refractivity contribution in [1.29, 1.82) is 0 Å². The molecule has 1 aromatic rings. The molecule has 0 aromatic carbocycles. The number of aromatic amines is 1. The predicted octanol–water partition coefficient (Wildman–Crippen LogP) is -0.510. The largest absolute Gasteiger partial charge is 0.396 e. The number of aromatic nitrogens is 2. The van der Waals surface area contributed by atoms with Crippen LogP contribution in [0.3, 0.4) is 0 Å². The van der Waals surface area contributed by atoms with Gasteiger partial charge >= 0.3 is 0 Å². The van der Waals surface area contributed by atoms with Crippen LogP contribution >= 0.6 is 0 Å². The molecule has 0 aliphatic carbocycles. The van der Waals surface area contributed by atoms with Crippen molar-refractivity contribution in [2.45, 2.75) is 6.42 Å². The molecule has 6 nitrogen and oxygen atoms in total. The topological polar surface area (TPSA) is 101 Å². The first kappa shape index (κ1) is 11.7. The second-order valence-corrected chi connectivity index (χ2v) is 4.64. The van der Waals surface area contributed by atoms with E-state index in [0.717, 1.165) is 0 Å². The summed E-state index contributed by atoms with van der Waals surface area (Å²) in [5.74, 6) is 0.297. The van der Waals surface area contributed by atoms with Crippen LogP contribution in [-0.2, 0) is 10.8 Å². The third-order valence-corrected chi connectivity index (χ3v) is 2.65. The fraction of sp³-hybridized carbons (Fsp3) is 0.500. The smallest absolute Gasteiger partial charge is 0.271 e. The molecule has 84 valence electrons. The molecular weight excluding hydrogens is 216 g/mol. The van der Waals surface area contributed by atoms with Crippen molar-refractivity contribution in [3.8, 4) is 0 Å². The number of hydrogen-bond donors (Lipinski definition) is 3. The number of nitrogen functional groups attached to an aromatic ring is 1. The fourth-order valence-corrected chi connectivity index (χ4v) is 1.59. The van der Waals surface area contributed by atoms with E-state index in [4.69, 9.17) is 5.73 Å². The van der Waals surface area contributed by atoms with E-state index in [0.29, 0.717) is 24.4 Å². The van der Waals surface area contributed by atoms with Gasteiger partial charge in [-0.3, -0.25) is 14.1 Å². The quantitative estimate of drug-likeness (QED) is 0.593. The first-order valence-corrected chi connectivity index (χ1v) is 6.21. The van der Waals surface area contributed by atoms with Crippen molar-refractivity contribution in [1.82, 2.24) is 15.5 Å². The van der Waals surface area contributed by atoms with E-state index in [1.54, 1.807) is 6.26 Å². The van der Waals surface area contributed by atoms with Crippen molar-refractivity contribution < 1.29 is 9.00 Å². The van der Waals surface area contributed by atoms with E-state index in [1.807, 2.05) is 0 Å². The molecule has 0 bridgehead atoms. The molecule has 0 aliphatic heterocycles. The van der Waals surface area contributed by atoms with Gasteiger partial charge in [-0.1, -0.05) is 0 Å². The Kier molecular flexibility index (Phi) is 4.29. The summed E-state index contributed by atoms with van der Waals surface area (Å²) in [5, 5.41) is 8.80. The lowest BCUT2D eigenvalue weighted by atomic mass is 10.3. The standard InChI is InChI=1S/C8H14N4O2S/c1-15(14)4-2-3-10-8(13)7-6(9)5-11-12-7/h5H,2-4,9H2,1H3,(H,10,13)(H,11,12). The molecular formula is C8H14N4O2S. The Balaban J connectivity index is 2.31. The minimum atomic E-state index is -0.818. The third-order valence-electron chi connectivity index (χ3n) is 1.79. The van der Waals surface area contributed by atoms with Crippen LogP contribution in [0, 0.1) is 0 Å². The number of nitrogens with zero attached hydrogens (tertiary/aromatic N) is 1. The predicted molar refractivity (Wildman–Crippen MR) is 58.9 cm³/mol. The van der Waals surface area contributed by atoms with Crippen LogP contribution < -0.4 is 11.1 Å². The Morgan fingerprint density at radius 3 is 3.00 bits per heavy atom. The lowest BCUT2D eigenvalue weighted by molar-refractivity contribution is 0.0949. The van der Waals surface area contributed by atoms with Crippen molar-refractivity contribution in [2.24, 2.45) is 0 Å². The maximum Gasteiger partial charge on any atom is 0.271 e. The Hall–Kier alpha value is -1.37. The number of nitrogens with two attached hydrogens (primary N) is 1. The third kappa shape index (κ3) is 3.70. The number of hydrogen-bond acceptors (Lipinski definition) is 4. The van der Waals surface area contributed by atoms with Gasteiger partial charge in [0.15, 0.2) is 0 Å². The number of anilines is 1. The second kappa shape index (κ2) is 5.50. The number of nitrogens with one attached hydrogen (secondary N) is 2. The van der Waals surface area contributed by atoms with Gasteiger partial charge in [-0.15, -0.1) is 0 Å². The van der Waals surface area contributed by atoms with Crippen LogP contribution in [-0.4, -0.2) is 38.9 Å². The van der Waals surface area contributed by atoms with Gasteiger partial charge < -0.3 is 11.1 Å². The van der Waals surface area contributed by atoms with Crippen LogP contribution in [0.2, 0.25) is 0 Å². The van der Waals surface area contributed by atoms with Gasteiger partial charge in [0, 0.05) is 29.4 Å². The van der Waals surface area contributed by atoms with Crippen molar-refractivity contribution in [3.63, 3.8) is 0 Å². The van der Waals surface area contributed by atoms with Crippen LogP contribution in [0.25, 0.3) is 0 Å². The lowest BCUT2D eigenvalue weighted by Gasteiger charge is -2.02. The molecule has 7 heteroatoms. The maximum absolute atomic E-state index is 11.4. The van der Waals surface area contributed by atoms with Crippen molar-refractivity contribution in [2.75, 3.05) is 24.3 Å². The Labute approximate surface area is 90.1 Å². The molecule has 1 heterocycles. The first-order chi connectivity index (χ1) is 7.11. The monoisotopic (exact) mass is 230 g/mol. The van der Waals surface area contributed by atoms with E-state index < -0.39 is 10.8 Å². The SMILES string of the molecule is CS(=O)CCCNC(=O)c1[nH]ncc1N. The summed E-state index contributed by atoms with van der Waals surface area (Å²) in [5.41, 5.74) is 6.09. The summed E-state index contributed by atoms with van der Waals surface area (Å²) in [6, 6.07) is 0. The Morgan fingerprint density at radius 2 is 2.47 bits per heavy atom. The summed E-state index contributed by atoms with van der Waals surface area (Å²) >= 11 is 0.